The summed E-state index contributed by atoms with van der Waals surface area (Å²) >= 11 is 0. The minimum atomic E-state index is -0.932. The van der Waals surface area contributed by atoms with Crippen LogP contribution in [0.15, 0.2) is 16.8 Å². The number of nitrogens with zero attached hydrogens (tertiary/aromatic N) is 1. The molecule has 0 aliphatic carbocycles. The Morgan fingerprint density at radius 2 is 2.40 bits per heavy atom. The Bertz CT molecular complexity index is 173. The van der Waals surface area contributed by atoms with E-state index < -0.39 is 5.97 Å². The zero-order valence-electron chi connectivity index (χ0n) is 5.74. The second-order valence-corrected chi connectivity index (χ2v) is 1.72. The molecule has 0 spiro atoms. The van der Waals surface area contributed by atoms with Gasteiger partial charge < -0.3 is 10.8 Å². The lowest BCUT2D eigenvalue weighted by Gasteiger charge is -1.91. The molecule has 0 bridgehead atoms. The largest absolute Gasteiger partial charge is 0.481 e. The fraction of sp³-hybridized carbons (Fsp3) is 0.333. The highest BCUT2D eigenvalue weighted by Gasteiger charge is 1.96. The van der Waals surface area contributed by atoms with Crippen LogP contribution < -0.4 is 5.73 Å². The first-order valence-electron chi connectivity index (χ1n) is 2.75. The summed E-state index contributed by atoms with van der Waals surface area (Å²) in [6.07, 6.45) is 2.79. The summed E-state index contributed by atoms with van der Waals surface area (Å²) in [7, 11) is 1.59. The summed E-state index contributed by atoms with van der Waals surface area (Å²) in [5.74, 6) is -0.932. The molecule has 0 fully saturated rings. The Morgan fingerprint density at radius 1 is 1.80 bits per heavy atom. The SMILES string of the molecule is CN=C/C=C(\N)CC(=O)O. The second kappa shape index (κ2) is 4.55. The van der Waals surface area contributed by atoms with Gasteiger partial charge in [0.05, 0.1) is 6.42 Å². The standard InChI is InChI=1S/C6H10N2O2/c1-8-3-2-5(7)4-6(9)10/h2-3H,4,7H2,1H3,(H,9,10)/b5-2-,8-3?. The number of aliphatic imine (C=N–C) groups is 1. The van der Waals surface area contributed by atoms with Crippen molar-refractivity contribution < 1.29 is 9.90 Å². The molecular weight excluding hydrogens is 132 g/mol. The van der Waals surface area contributed by atoms with Crippen LogP contribution in [0.1, 0.15) is 6.42 Å². The van der Waals surface area contributed by atoms with Crippen LogP contribution >= 0.6 is 0 Å². The van der Waals surface area contributed by atoms with Crippen molar-refractivity contribution in [3.63, 3.8) is 0 Å². The highest BCUT2D eigenvalue weighted by Crippen LogP contribution is 1.89. The lowest BCUT2D eigenvalue weighted by atomic mass is 10.3. The first-order chi connectivity index (χ1) is 4.66. The number of nitrogens with two attached hydrogens (primary N) is 1. The van der Waals surface area contributed by atoms with E-state index in [2.05, 4.69) is 4.99 Å². The Hall–Kier alpha value is -1.32. The van der Waals surface area contributed by atoms with Gasteiger partial charge in [0.25, 0.3) is 0 Å². The van der Waals surface area contributed by atoms with Crippen molar-refractivity contribution in [1.29, 1.82) is 0 Å². The maximum Gasteiger partial charge on any atom is 0.309 e. The van der Waals surface area contributed by atoms with Gasteiger partial charge in [-0.25, -0.2) is 0 Å². The number of rotatable bonds is 3. The predicted molar refractivity (Wildman–Crippen MR) is 38.9 cm³/mol. The van der Waals surface area contributed by atoms with E-state index in [-0.39, 0.29) is 6.42 Å². The molecule has 0 heterocycles. The van der Waals surface area contributed by atoms with Crippen LogP contribution in [-0.2, 0) is 4.79 Å². The first kappa shape index (κ1) is 8.68. The van der Waals surface area contributed by atoms with Gasteiger partial charge >= 0.3 is 5.97 Å². The van der Waals surface area contributed by atoms with Crippen molar-refractivity contribution in [3.8, 4) is 0 Å². The third-order valence-corrected chi connectivity index (χ3v) is 0.793. The first-order valence-corrected chi connectivity index (χ1v) is 2.75. The Balaban J connectivity index is 3.82. The molecule has 0 aromatic heterocycles. The van der Waals surface area contributed by atoms with Crippen LogP contribution in [0.4, 0.5) is 0 Å². The molecule has 10 heavy (non-hydrogen) atoms. The van der Waals surface area contributed by atoms with Crippen LogP contribution in [0, 0.1) is 0 Å². The van der Waals surface area contributed by atoms with E-state index in [1.54, 1.807) is 7.05 Å². The average Bonchev–Trinajstić information content (AvgIpc) is 1.82. The summed E-state index contributed by atoms with van der Waals surface area (Å²) in [6.45, 7) is 0. The zero-order chi connectivity index (χ0) is 7.98. The van der Waals surface area contributed by atoms with Gasteiger partial charge in [0, 0.05) is 19.0 Å². The minimum Gasteiger partial charge on any atom is -0.481 e. The van der Waals surface area contributed by atoms with Crippen LogP contribution in [0.25, 0.3) is 0 Å². The summed E-state index contributed by atoms with van der Waals surface area (Å²) in [5.41, 5.74) is 5.55. The Labute approximate surface area is 59.1 Å². The molecule has 4 nitrogen and oxygen atoms in total. The van der Waals surface area contributed by atoms with Gasteiger partial charge in [0.2, 0.25) is 0 Å². The van der Waals surface area contributed by atoms with Crippen molar-refractivity contribution in [2.45, 2.75) is 6.42 Å². The molecule has 4 heteroatoms. The number of hydrogen-bond donors (Lipinski definition) is 2. The number of aliphatic carboxylic acids is 1. The number of carbonyl (C=O) groups is 1. The normalized spacial score (nSPS) is 12.3. The topological polar surface area (TPSA) is 75.7 Å². The van der Waals surface area contributed by atoms with E-state index in [9.17, 15) is 4.79 Å². The number of hydrogen-bond acceptors (Lipinski definition) is 3. The lowest BCUT2D eigenvalue weighted by Crippen LogP contribution is -2.04. The third-order valence-electron chi connectivity index (χ3n) is 0.793. The molecular formula is C6H10N2O2. The second-order valence-electron chi connectivity index (χ2n) is 1.72. The highest BCUT2D eigenvalue weighted by atomic mass is 16.4. The molecule has 0 radical (unpaired) electrons. The van der Waals surface area contributed by atoms with E-state index >= 15 is 0 Å². The zero-order valence-corrected chi connectivity index (χ0v) is 5.74. The quantitative estimate of drug-likeness (QED) is 0.545. The third kappa shape index (κ3) is 4.83. The summed E-state index contributed by atoms with van der Waals surface area (Å²) < 4.78 is 0. The smallest absolute Gasteiger partial charge is 0.309 e. The monoisotopic (exact) mass is 142 g/mol. The van der Waals surface area contributed by atoms with E-state index in [0.29, 0.717) is 5.70 Å². The van der Waals surface area contributed by atoms with Gasteiger partial charge in [-0.15, -0.1) is 0 Å². The van der Waals surface area contributed by atoms with Crippen LogP contribution in [0.2, 0.25) is 0 Å². The summed E-state index contributed by atoms with van der Waals surface area (Å²) in [5, 5.41) is 8.22. The molecule has 0 aromatic carbocycles. The van der Waals surface area contributed by atoms with E-state index in [1.165, 1.54) is 12.3 Å². The van der Waals surface area contributed by atoms with Gasteiger partial charge in [0.15, 0.2) is 0 Å². The number of carboxylic acid groups (broad SMARTS) is 1. The van der Waals surface area contributed by atoms with Crippen molar-refractivity contribution in [2.75, 3.05) is 7.05 Å². The van der Waals surface area contributed by atoms with Gasteiger partial charge in [-0.1, -0.05) is 0 Å². The van der Waals surface area contributed by atoms with E-state index in [0.717, 1.165) is 0 Å². The molecule has 0 aliphatic rings. The van der Waals surface area contributed by atoms with E-state index in [4.69, 9.17) is 10.8 Å². The van der Waals surface area contributed by atoms with Gasteiger partial charge in [-0.3, -0.25) is 9.79 Å². The Morgan fingerprint density at radius 3 is 2.80 bits per heavy atom. The predicted octanol–water partition coefficient (Wildman–Crippen LogP) is 0.00430. The molecule has 0 saturated heterocycles. The molecule has 0 aromatic rings. The fourth-order valence-electron chi connectivity index (χ4n) is 0.404. The fourth-order valence-corrected chi connectivity index (χ4v) is 0.404. The molecule has 0 rings (SSSR count). The highest BCUT2D eigenvalue weighted by molar-refractivity contribution is 5.75. The average molecular weight is 142 g/mol. The van der Waals surface area contributed by atoms with E-state index in [1.807, 2.05) is 0 Å². The van der Waals surface area contributed by atoms with Crippen LogP contribution in [-0.4, -0.2) is 24.3 Å². The van der Waals surface area contributed by atoms with Gasteiger partial charge in [-0.05, 0) is 6.08 Å². The van der Waals surface area contributed by atoms with Gasteiger partial charge in [0.1, 0.15) is 0 Å². The van der Waals surface area contributed by atoms with Crippen LogP contribution in [0.5, 0.6) is 0 Å². The number of carboxylic acids is 1. The van der Waals surface area contributed by atoms with Gasteiger partial charge in [-0.2, -0.15) is 0 Å². The molecule has 0 saturated carbocycles. The Kier molecular flexibility index (Phi) is 3.95. The lowest BCUT2D eigenvalue weighted by molar-refractivity contribution is -0.136. The number of allylic oxidation sites excluding steroid dienone is 1. The maximum atomic E-state index is 10.0. The summed E-state index contributed by atoms with van der Waals surface area (Å²) in [6, 6.07) is 0. The molecule has 56 valence electrons. The van der Waals surface area contributed by atoms with Crippen LogP contribution in [0.3, 0.4) is 0 Å². The minimum absolute atomic E-state index is 0.133. The summed E-state index contributed by atoms with van der Waals surface area (Å²) in [4.78, 5) is 13.6. The maximum absolute atomic E-state index is 10.0. The van der Waals surface area contributed by atoms with Crippen molar-refractivity contribution >= 4 is 12.2 Å². The molecule has 0 amide bonds. The van der Waals surface area contributed by atoms with Crippen molar-refractivity contribution in [1.82, 2.24) is 0 Å². The molecule has 3 N–H and O–H groups in total. The molecule has 0 unspecified atom stereocenters. The molecule has 0 atom stereocenters. The van der Waals surface area contributed by atoms with Crippen molar-refractivity contribution in [2.24, 2.45) is 10.7 Å². The molecule has 0 aliphatic heterocycles. The van der Waals surface area contributed by atoms with Crippen molar-refractivity contribution in [3.05, 3.63) is 11.8 Å².